The van der Waals surface area contributed by atoms with Gasteiger partial charge in [0.15, 0.2) is 0 Å². The summed E-state index contributed by atoms with van der Waals surface area (Å²) in [4.78, 5) is 0. The van der Waals surface area contributed by atoms with Crippen LogP contribution in [0, 0.1) is 13.8 Å². The number of benzene rings is 2. The van der Waals surface area contributed by atoms with Crippen molar-refractivity contribution in [2.24, 2.45) is 5.73 Å². The van der Waals surface area contributed by atoms with E-state index in [1.54, 1.807) is 0 Å². The largest absolute Gasteiger partial charge is 0.372 e. The van der Waals surface area contributed by atoms with Crippen LogP contribution in [0.4, 0.5) is 0 Å². The molecule has 2 aromatic carbocycles. The van der Waals surface area contributed by atoms with Gasteiger partial charge in [0.2, 0.25) is 0 Å². The molecule has 1 aliphatic rings. The summed E-state index contributed by atoms with van der Waals surface area (Å²) in [5.74, 6) is 0. The van der Waals surface area contributed by atoms with Gasteiger partial charge < -0.3 is 10.5 Å². The van der Waals surface area contributed by atoms with Crippen LogP contribution < -0.4 is 5.73 Å². The molecule has 0 aromatic heterocycles. The Kier molecular flexibility index (Phi) is 3.13. The second-order valence-electron chi connectivity index (χ2n) is 5.36. The summed E-state index contributed by atoms with van der Waals surface area (Å²) in [6, 6.07) is 12.8. The predicted molar refractivity (Wildman–Crippen MR) is 76.9 cm³/mol. The van der Waals surface area contributed by atoms with Crippen molar-refractivity contribution >= 4 is 0 Å². The molecule has 0 saturated heterocycles. The number of hydrogen-bond acceptors (Lipinski definition) is 2. The lowest BCUT2D eigenvalue weighted by Crippen LogP contribution is -2.13. The van der Waals surface area contributed by atoms with Crippen LogP contribution in [0.15, 0.2) is 36.4 Å². The monoisotopic (exact) mass is 253 g/mol. The van der Waals surface area contributed by atoms with Crippen LogP contribution in [0.1, 0.15) is 39.4 Å². The lowest BCUT2D eigenvalue weighted by Gasteiger charge is -2.16. The molecule has 0 aliphatic carbocycles. The highest BCUT2D eigenvalue weighted by Gasteiger charge is 2.16. The predicted octanol–water partition coefficient (Wildman–Crippen LogP) is 3.38. The van der Waals surface area contributed by atoms with Crippen molar-refractivity contribution in [3.63, 3.8) is 0 Å². The van der Waals surface area contributed by atoms with Crippen LogP contribution in [-0.2, 0) is 18.0 Å². The van der Waals surface area contributed by atoms with Crippen molar-refractivity contribution in [1.29, 1.82) is 0 Å². The normalized spacial score (nSPS) is 15.3. The van der Waals surface area contributed by atoms with Crippen LogP contribution in [-0.4, -0.2) is 0 Å². The third-order valence-electron chi connectivity index (χ3n) is 3.86. The molecule has 1 aliphatic heterocycles. The van der Waals surface area contributed by atoms with Gasteiger partial charge in [0.25, 0.3) is 0 Å². The Labute approximate surface area is 114 Å². The minimum absolute atomic E-state index is 0.0634. The second-order valence-corrected chi connectivity index (χ2v) is 5.36. The zero-order valence-corrected chi connectivity index (χ0v) is 11.4. The number of hydrogen-bond donors (Lipinski definition) is 1. The fourth-order valence-electron chi connectivity index (χ4n) is 2.74. The molecule has 0 amide bonds. The zero-order chi connectivity index (χ0) is 13.4. The van der Waals surface area contributed by atoms with Gasteiger partial charge in [-0.15, -0.1) is 0 Å². The van der Waals surface area contributed by atoms with Gasteiger partial charge in [-0.3, -0.25) is 0 Å². The average molecular weight is 253 g/mol. The molecule has 1 unspecified atom stereocenters. The summed E-state index contributed by atoms with van der Waals surface area (Å²) in [6.45, 7) is 5.67. The molecule has 19 heavy (non-hydrogen) atoms. The molecule has 2 N–H and O–H groups in total. The van der Waals surface area contributed by atoms with E-state index in [0.717, 1.165) is 12.2 Å². The molecule has 98 valence electrons. The van der Waals surface area contributed by atoms with Crippen LogP contribution >= 0.6 is 0 Å². The molecule has 3 rings (SSSR count). The molecule has 2 heteroatoms. The topological polar surface area (TPSA) is 35.2 Å². The molecule has 2 aromatic rings. The maximum Gasteiger partial charge on any atom is 0.0725 e. The fraction of sp³-hybridized carbons (Fsp3) is 0.294. The van der Waals surface area contributed by atoms with E-state index in [4.69, 9.17) is 10.5 Å². The minimum atomic E-state index is -0.0634. The highest BCUT2D eigenvalue weighted by molar-refractivity contribution is 5.41. The first-order valence-corrected chi connectivity index (χ1v) is 6.67. The third-order valence-corrected chi connectivity index (χ3v) is 3.86. The van der Waals surface area contributed by atoms with Gasteiger partial charge in [-0.1, -0.05) is 42.0 Å². The summed E-state index contributed by atoms with van der Waals surface area (Å²) >= 11 is 0. The number of rotatable bonds is 2. The minimum Gasteiger partial charge on any atom is -0.372 e. The van der Waals surface area contributed by atoms with Crippen molar-refractivity contribution in [2.45, 2.75) is 33.1 Å². The van der Waals surface area contributed by atoms with Gasteiger partial charge in [-0.25, -0.2) is 0 Å². The van der Waals surface area contributed by atoms with Gasteiger partial charge >= 0.3 is 0 Å². The van der Waals surface area contributed by atoms with E-state index in [2.05, 4.69) is 50.2 Å². The van der Waals surface area contributed by atoms with Crippen LogP contribution in [0.2, 0.25) is 0 Å². The zero-order valence-electron chi connectivity index (χ0n) is 11.4. The number of aryl methyl sites for hydroxylation is 2. The molecule has 0 bridgehead atoms. The van der Waals surface area contributed by atoms with Gasteiger partial charge in [0.1, 0.15) is 0 Å². The molecule has 2 nitrogen and oxygen atoms in total. The molecule has 0 saturated carbocycles. The van der Waals surface area contributed by atoms with Crippen molar-refractivity contribution < 1.29 is 4.74 Å². The molecule has 1 atom stereocenters. The molecular formula is C17H19NO. The van der Waals surface area contributed by atoms with Crippen molar-refractivity contribution in [2.75, 3.05) is 0 Å². The molecule has 0 radical (unpaired) electrons. The first kappa shape index (κ1) is 12.4. The maximum atomic E-state index is 6.42. The summed E-state index contributed by atoms with van der Waals surface area (Å²) in [5.41, 5.74) is 13.9. The van der Waals surface area contributed by atoms with E-state index >= 15 is 0 Å². The molecular weight excluding hydrogens is 234 g/mol. The SMILES string of the molecule is Cc1ccc(C(N)c2ccc3c(c2)COC3)c(C)c1. The third kappa shape index (κ3) is 2.29. The first-order valence-electron chi connectivity index (χ1n) is 6.67. The second kappa shape index (κ2) is 4.80. The Hall–Kier alpha value is -1.64. The summed E-state index contributed by atoms with van der Waals surface area (Å²) < 4.78 is 5.45. The van der Waals surface area contributed by atoms with Crippen LogP contribution in [0.3, 0.4) is 0 Å². The van der Waals surface area contributed by atoms with Gasteiger partial charge in [0.05, 0.1) is 19.3 Å². The van der Waals surface area contributed by atoms with E-state index in [-0.39, 0.29) is 6.04 Å². The van der Waals surface area contributed by atoms with Gasteiger partial charge in [-0.2, -0.15) is 0 Å². The maximum absolute atomic E-state index is 6.42. The average Bonchev–Trinajstić information content (AvgIpc) is 2.85. The quantitative estimate of drug-likeness (QED) is 0.890. The van der Waals surface area contributed by atoms with Crippen LogP contribution in [0.25, 0.3) is 0 Å². The van der Waals surface area contributed by atoms with E-state index in [9.17, 15) is 0 Å². The summed E-state index contributed by atoms with van der Waals surface area (Å²) in [6.07, 6.45) is 0. The van der Waals surface area contributed by atoms with E-state index < -0.39 is 0 Å². The smallest absolute Gasteiger partial charge is 0.0725 e. The van der Waals surface area contributed by atoms with Crippen molar-refractivity contribution in [3.8, 4) is 0 Å². The fourth-order valence-corrected chi connectivity index (χ4v) is 2.74. The van der Waals surface area contributed by atoms with Crippen molar-refractivity contribution in [1.82, 2.24) is 0 Å². The Morgan fingerprint density at radius 3 is 2.58 bits per heavy atom. The van der Waals surface area contributed by atoms with Gasteiger partial charge in [-0.05, 0) is 41.7 Å². The highest BCUT2D eigenvalue weighted by Crippen LogP contribution is 2.27. The summed E-state index contributed by atoms with van der Waals surface area (Å²) in [5, 5.41) is 0. The Balaban J connectivity index is 1.97. The van der Waals surface area contributed by atoms with Crippen LogP contribution in [0.5, 0.6) is 0 Å². The number of nitrogens with two attached hydrogens (primary N) is 1. The van der Waals surface area contributed by atoms with Gasteiger partial charge in [0, 0.05) is 0 Å². The molecule has 1 heterocycles. The Bertz CT molecular complexity index is 619. The van der Waals surface area contributed by atoms with E-state index in [1.165, 1.54) is 27.8 Å². The van der Waals surface area contributed by atoms with E-state index in [1.807, 2.05) is 0 Å². The lowest BCUT2D eigenvalue weighted by molar-refractivity contribution is 0.134. The molecule has 0 fully saturated rings. The molecule has 0 spiro atoms. The first-order chi connectivity index (χ1) is 9.15. The summed E-state index contributed by atoms with van der Waals surface area (Å²) in [7, 11) is 0. The van der Waals surface area contributed by atoms with Crippen molar-refractivity contribution in [3.05, 3.63) is 69.8 Å². The number of ether oxygens (including phenoxy) is 1. The van der Waals surface area contributed by atoms with E-state index in [0.29, 0.717) is 6.61 Å². The Morgan fingerprint density at radius 1 is 1.00 bits per heavy atom. The number of fused-ring (bicyclic) bond motifs is 1. The lowest BCUT2D eigenvalue weighted by atomic mass is 9.93. The highest BCUT2D eigenvalue weighted by atomic mass is 16.5. The standard InChI is InChI=1S/C17H19NO/c1-11-3-6-16(12(2)7-11)17(18)13-4-5-14-9-19-10-15(14)8-13/h3-8,17H,9-10,18H2,1-2H3. The Morgan fingerprint density at radius 2 is 1.79 bits per heavy atom.